The number of carbonyl (C=O) groups is 2. The summed E-state index contributed by atoms with van der Waals surface area (Å²) in [5.74, 6) is -0.410. The molecule has 0 saturated carbocycles. The maximum absolute atomic E-state index is 12.0. The molecule has 0 radical (unpaired) electrons. The Morgan fingerprint density at radius 3 is 2.33 bits per heavy atom. The van der Waals surface area contributed by atoms with E-state index in [4.69, 9.17) is 5.73 Å². The Labute approximate surface area is 109 Å². The van der Waals surface area contributed by atoms with Gasteiger partial charge in [0, 0.05) is 0 Å². The molecule has 0 aromatic rings. The fourth-order valence-corrected chi connectivity index (χ4v) is 1.71. The molecule has 104 valence electrons. The van der Waals surface area contributed by atoms with E-state index in [-0.39, 0.29) is 11.9 Å². The average molecular weight is 255 g/mol. The van der Waals surface area contributed by atoms with E-state index in [9.17, 15) is 9.59 Å². The molecule has 5 heteroatoms. The van der Waals surface area contributed by atoms with E-state index < -0.39 is 11.9 Å². The van der Waals surface area contributed by atoms with E-state index in [0.717, 1.165) is 6.42 Å². The maximum atomic E-state index is 12.0. The van der Waals surface area contributed by atoms with Crippen LogP contribution in [0.4, 0.5) is 0 Å². The number of hydrogen-bond donors (Lipinski definition) is 3. The van der Waals surface area contributed by atoms with Gasteiger partial charge < -0.3 is 16.4 Å². The van der Waals surface area contributed by atoms with Crippen LogP contribution < -0.4 is 16.4 Å². The van der Waals surface area contributed by atoms with Gasteiger partial charge in [-0.2, -0.15) is 0 Å². The summed E-state index contributed by atoms with van der Waals surface area (Å²) in [6, 6.07) is -0.968. The van der Waals surface area contributed by atoms with Crippen LogP contribution in [0.1, 0.15) is 40.0 Å². The van der Waals surface area contributed by atoms with Crippen LogP contribution in [0.25, 0.3) is 0 Å². The van der Waals surface area contributed by atoms with Crippen molar-refractivity contribution in [2.24, 2.45) is 11.7 Å². The summed E-state index contributed by atoms with van der Waals surface area (Å²) in [5, 5.41) is 5.57. The number of primary amides is 1. The van der Waals surface area contributed by atoms with Crippen molar-refractivity contribution in [1.29, 1.82) is 0 Å². The van der Waals surface area contributed by atoms with E-state index >= 15 is 0 Å². The van der Waals surface area contributed by atoms with Gasteiger partial charge in [0.1, 0.15) is 12.1 Å². The van der Waals surface area contributed by atoms with Crippen LogP contribution in [0.5, 0.6) is 0 Å². The molecule has 0 aliphatic carbocycles. The monoisotopic (exact) mass is 255 g/mol. The molecule has 0 aliphatic heterocycles. The molecular weight excluding hydrogens is 230 g/mol. The van der Waals surface area contributed by atoms with Crippen LogP contribution in [0.15, 0.2) is 12.8 Å². The molecule has 2 atom stereocenters. The smallest absolute Gasteiger partial charge is 0.243 e. The van der Waals surface area contributed by atoms with Gasteiger partial charge in [-0.1, -0.05) is 33.8 Å². The largest absolute Gasteiger partial charge is 0.380 e. The number of rotatable bonds is 9. The number of nitrogens with one attached hydrogen (secondary N) is 2. The standard InChI is InChI=1S/C13H25N3O2/c1-5-7-10(15-6-2)13(18)16-11(12(14)17)8-9(3)4/h6,9-11,15H,2,5,7-8H2,1,3-4H3,(H2,14,17)(H,16,18). The highest BCUT2D eigenvalue weighted by Gasteiger charge is 2.23. The van der Waals surface area contributed by atoms with Crippen molar-refractivity contribution < 1.29 is 9.59 Å². The highest BCUT2D eigenvalue weighted by molar-refractivity contribution is 5.89. The summed E-state index contributed by atoms with van der Waals surface area (Å²) in [6.07, 6.45) is 3.59. The molecule has 0 aromatic heterocycles. The lowest BCUT2D eigenvalue weighted by molar-refractivity contribution is -0.128. The van der Waals surface area contributed by atoms with Gasteiger partial charge in [0.25, 0.3) is 0 Å². The Kier molecular flexibility index (Phi) is 7.83. The Morgan fingerprint density at radius 1 is 1.33 bits per heavy atom. The first-order chi connectivity index (χ1) is 8.42. The van der Waals surface area contributed by atoms with Crippen molar-refractivity contribution in [3.05, 3.63) is 12.8 Å². The molecule has 2 unspecified atom stereocenters. The van der Waals surface area contributed by atoms with Crippen molar-refractivity contribution in [1.82, 2.24) is 10.6 Å². The molecule has 0 aliphatic rings. The molecule has 4 N–H and O–H groups in total. The van der Waals surface area contributed by atoms with Crippen molar-refractivity contribution >= 4 is 11.8 Å². The zero-order valence-electron chi connectivity index (χ0n) is 11.5. The van der Waals surface area contributed by atoms with E-state index in [1.54, 1.807) is 0 Å². The van der Waals surface area contributed by atoms with Crippen LogP contribution in [-0.2, 0) is 9.59 Å². The lowest BCUT2D eigenvalue weighted by Crippen LogP contribution is -2.51. The van der Waals surface area contributed by atoms with E-state index in [2.05, 4.69) is 17.2 Å². The summed E-state index contributed by atoms with van der Waals surface area (Å²) in [5.41, 5.74) is 5.29. The zero-order chi connectivity index (χ0) is 14.1. The first-order valence-electron chi connectivity index (χ1n) is 6.39. The summed E-state index contributed by atoms with van der Waals surface area (Å²) in [7, 11) is 0. The second kappa shape index (κ2) is 8.55. The quantitative estimate of drug-likeness (QED) is 0.572. The normalized spacial score (nSPS) is 13.8. The summed E-state index contributed by atoms with van der Waals surface area (Å²) in [4.78, 5) is 23.3. The molecule has 0 aromatic carbocycles. The van der Waals surface area contributed by atoms with Crippen LogP contribution in [-0.4, -0.2) is 23.9 Å². The first kappa shape index (κ1) is 16.5. The molecule has 0 bridgehead atoms. The highest BCUT2D eigenvalue weighted by Crippen LogP contribution is 2.05. The Morgan fingerprint density at radius 2 is 1.94 bits per heavy atom. The molecule has 0 rings (SSSR count). The number of carbonyl (C=O) groups excluding carboxylic acids is 2. The number of nitrogens with two attached hydrogens (primary N) is 1. The van der Waals surface area contributed by atoms with Crippen molar-refractivity contribution in [2.75, 3.05) is 0 Å². The predicted octanol–water partition coefficient (Wildman–Crippen LogP) is 0.904. The molecule has 2 amide bonds. The average Bonchev–Trinajstić information content (AvgIpc) is 2.27. The van der Waals surface area contributed by atoms with E-state index in [0.29, 0.717) is 18.8 Å². The van der Waals surface area contributed by atoms with Crippen molar-refractivity contribution in [2.45, 2.75) is 52.1 Å². The fourth-order valence-electron chi connectivity index (χ4n) is 1.71. The minimum Gasteiger partial charge on any atom is -0.380 e. The third kappa shape index (κ3) is 6.27. The van der Waals surface area contributed by atoms with Crippen LogP contribution in [0.3, 0.4) is 0 Å². The third-order valence-corrected chi connectivity index (χ3v) is 2.58. The third-order valence-electron chi connectivity index (χ3n) is 2.58. The summed E-state index contributed by atoms with van der Waals surface area (Å²) in [6.45, 7) is 9.50. The number of hydrogen-bond acceptors (Lipinski definition) is 3. The van der Waals surface area contributed by atoms with Gasteiger partial charge in [-0.3, -0.25) is 9.59 Å². The zero-order valence-corrected chi connectivity index (χ0v) is 11.5. The van der Waals surface area contributed by atoms with Gasteiger partial charge in [0.2, 0.25) is 11.8 Å². The number of amides is 2. The topological polar surface area (TPSA) is 84.2 Å². The summed E-state index contributed by atoms with van der Waals surface area (Å²) >= 11 is 0. The SMILES string of the molecule is C=CNC(CCC)C(=O)NC(CC(C)C)C(N)=O. The van der Waals surface area contributed by atoms with E-state index in [1.807, 2.05) is 20.8 Å². The van der Waals surface area contributed by atoms with Gasteiger partial charge in [-0.25, -0.2) is 0 Å². The molecule has 18 heavy (non-hydrogen) atoms. The van der Waals surface area contributed by atoms with Crippen LogP contribution in [0, 0.1) is 5.92 Å². The molecular formula is C13H25N3O2. The Hall–Kier alpha value is -1.52. The minimum atomic E-state index is -0.608. The second-order valence-electron chi connectivity index (χ2n) is 4.81. The second-order valence-corrected chi connectivity index (χ2v) is 4.81. The predicted molar refractivity (Wildman–Crippen MR) is 72.6 cm³/mol. The van der Waals surface area contributed by atoms with E-state index in [1.165, 1.54) is 6.20 Å². The van der Waals surface area contributed by atoms with Crippen molar-refractivity contribution in [3.8, 4) is 0 Å². The van der Waals surface area contributed by atoms with Crippen molar-refractivity contribution in [3.63, 3.8) is 0 Å². The highest BCUT2D eigenvalue weighted by atomic mass is 16.2. The first-order valence-corrected chi connectivity index (χ1v) is 6.39. The molecule has 0 spiro atoms. The molecule has 5 nitrogen and oxygen atoms in total. The molecule has 0 fully saturated rings. The maximum Gasteiger partial charge on any atom is 0.243 e. The van der Waals surface area contributed by atoms with Gasteiger partial charge in [0.05, 0.1) is 0 Å². The van der Waals surface area contributed by atoms with Gasteiger partial charge in [-0.15, -0.1) is 0 Å². The fraction of sp³-hybridized carbons (Fsp3) is 0.692. The van der Waals surface area contributed by atoms with Gasteiger partial charge in [0.15, 0.2) is 0 Å². The molecule has 0 heterocycles. The lowest BCUT2D eigenvalue weighted by Gasteiger charge is -2.21. The molecule has 0 saturated heterocycles. The van der Waals surface area contributed by atoms with Crippen LogP contribution >= 0.6 is 0 Å². The minimum absolute atomic E-state index is 0.207. The summed E-state index contributed by atoms with van der Waals surface area (Å²) < 4.78 is 0. The Balaban J connectivity index is 4.54. The van der Waals surface area contributed by atoms with Gasteiger partial charge >= 0.3 is 0 Å². The Bertz CT molecular complexity index is 290. The van der Waals surface area contributed by atoms with Gasteiger partial charge in [-0.05, 0) is 25.0 Å². The lowest BCUT2D eigenvalue weighted by atomic mass is 10.0. The van der Waals surface area contributed by atoms with Crippen LogP contribution in [0.2, 0.25) is 0 Å².